The smallest absolute Gasteiger partial charge is 0.347 e. The highest BCUT2D eigenvalue weighted by atomic mass is 16.6. The summed E-state index contributed by atoms with van der Waals surface area (Å²) in [7, 11) is 1.58. The van der Waals surface area contributed by atoms with Crippen LogP contribution in [-0.2, 0) is 9.53 Å². The van der Waals surface area contributed by atoms with Crippen LogP contribution in [-0.4, -0.2) is 31.7 Å². The number of nitrogens with one attached hydrogen (secondary N) is 1. The molecule has 2 rings (SSSR count). The molecule has 2 aromatic carbocycles. The number of carbonyl (C=O) groups excluding carboxylic acids is 2. The van der Waals surface area contributed by atoms with Crippen LogP contribution in [0.2, 0.25) is 0 Å². The third kappa shape index (κ3) is 5.51. The maximum atomic E-state index is 12.3. The summed E-state index contributed by atoms with van der Waals surface area (Å²) >= 11 is 0. The first kappa shape index (κ1) is 19.3. The molecule has 0 fully saturated rings. The van der Waals surface area contributed by atoms with Crippen molar-refractivity contribution in [3.05, 3.63) is 54.1 Å². The second-order valence-electron chi connectivity index (χ2n) is 5.63. The van der Waals surface area contributed by atoms with E-state index in [0.717, 1.165) is 12.2 Å². The zero-order valence-electron chi connectivity index (χ0n) is 15.2. The molecule has 1 N–H and O–H groups in total. The second-order valence-corrected chi connectivity index (χ2v) is 5.63. The normalized spacial score (nSPS) is 11.3. The lowest BCUT2D eigenvalue weighted by molar-refractivity contribution is -0.151. The summed E-state index contributed by atoms with van der Waals surface area (Å²) < 4.78 is 15.6. The summed E-state index contributed by atoms with van der Waals surface area (Å²) in [5.41, 5.74) is 1.15. The number of hydrogen-bond donors (Lipinski definition) is 1. The number of esters is 1. The number of benzene rings is 2. The molecular formula is C20H23NO5. The predicted molar refractivity (Wildman–Crippen MR) is 98.7 cm³/mol. The molecule has 6 nitrogen and oxygen atoms in total. The first-order chi connectivity index (χ1) is 12.5. The van der Waals surface area contributed by atoms with Crippen LogP contribution < -0.4 is 14.8 Å². The number of ether oxygens (including phenoxy) is 3. The number of rotatable bonds is 8. The lowest BCUT2D eigenvalue weighted by atomic mass is 10.2. The van der Waals surface area contributed by atoms with Crippen LogP contribution >= 0.6 is 0 Å². The topological polar surface area (TPSA) is 73.9 Å². The Labute approximate surface area is 153 Å². The van der Waals surface area contributed by atoms with E-state index in [2.05, 4.69) is 5.32 Å². The van der Waals surface area contributed by atoms with E-state index < -0.39 is 12.1 Å². The number of hydrogen-bond acceptors (Lipinski definition) is 5. The SMILES string of the molecule is CCCOC(=O)C(C)Oc1ccc(C(=O)Nc2ccc(OC)cc2)cc1. The molecule has 0 bridgehead atoms. The third-order valence-electron chi connectivity index (χ3n) is 3.56. The summed E-state index contributed by atoms with van der Waals surface area (Å²) in [6.07, 6.45) is 0.0525. The fourth-order valence-electron chi connectivity index (χ4n) is 2.13. The predicted octanol–water partition coefficient (Wildman–Crippen LogP) is 3.67. The molecule has 1 unspecified atom stereocenters. The van der Waals surface area contributed by atoms with Crippen molar-refractivity contribution >= 4 is 17.6 Å². The van der Waals surface area contributed by atoms with E-state index in [-0.39, 0.29) is 5.91 Å². The minimum atomic E-state index is -0.708. The van der Waals surface area contributed by atoms with Gasteiger partial charge in [0.15, 0.2) is 6.10 Å². The van der Waals surface area contributed by atoms with Gasteiger partial charge < -0.3 is 19.5 Å². The molecule has 0 aliphatic heterocycles. The maximum Gasteiger partial charge on any atom is 0.347 e. The van der Waals surface area contributed by atoms with Gasteiger partial charge in [0.2, 0.25) is 0 Å². The third-order valence-corrected chi connectivity index (χ3v) is 3.56. The lowest BCUT2D eigenvalue weighted by Crippen LogP contribution is -2.26. The molecule has 26 heavy (non-hydrogen) atoms. The molecule has 6 heteroatoms. The lowest BCUT2D eigenvalue weighted by Gasteiger charge is -2.14. The highest BCUT2D eigenvalue weighted by molar-refractivity contribution is 6.04. The zero-order valence-corrected chi connectivity index (χ0v) is 15.2. The van der Waals surface area contributed by atoms with Crippen LogP contribution in [0, 0.1) is 0 Å². The molecule has 0 radical (unpaired) electrons. The van der Waals surface area contributed by atoms with E-state index in [0.29, 0.717) is 23.6 Å². The quantitative estimate of drug-likeness (QED) is 0.730. The number of amides is 1. The maximum absolute atomic E-state index is 12.3. The molecular weight excluding hydrogens is 334 g/mol. The standard InChI is InChI=1S/C20H23NO5/c1-4-13-25-20(23)14(2)26-18-9-5-15(6-10-18)19(22)21-16-7-11-17(24-3)12-8-16/h5-12,14H,4,13H2,1-3H3,(H,21,22). The monoisotopic (exact) mass is 357 g/mol. The number of carbonyl (C=O) groups is 2. The van der Waals surface area contributed by atoms with Gasteiger partial charge in [-0.05, 0) is 61.9 Å². The van der Waals surface area contributed by atoms with Gasteiger partial charge in [-0.2, -0.15) is 0 Å². The summed E-state index contributed by atoms with van der Waals surface area (Å²) in [6, 6.07) is 13.6. The van der Waals surface area contributed by atoms with Crippen molar-refractivity contribution in [1.82, 2.24) is 0 Å². The van der Waals surface area contributed by atoms with Crippen LogP contribution in [0.4, 0.5) is 5.69 Å². The largest absolute Gasteiger partial charge is 0.497 e. The van der Waals surface area contributed by atoms with Crippen LogP contribution in [0.1, 0.15) is 30.6 Å². The average Bonchev–Trinajstić information content (AvgIpc) is 2.67. The molecule has 0 saturated heterocycles. The van der Waals surface area contributed by atoms with Crippen molar-refractivity contribution in [2.75, 3.05) is 19.0 Å². The molecule has 0 aliphatic rings. The van der Waals surface area contributed by atoms with Gasteiger partial charge in [0.05, 0.1) is 13.7 Å². The first-order valence-electron chi connectivity index (χ1n) is 8.42. The summed E-state index contributed by atoms with van der Waals surface area (Å²) in [5.74, 6) is 0.563. The van der Waals surface area contributed by atoms with Gasteiger partial charge in [0.25, 0.3) is 5.91 Å². The van der Waals surface area contributed by atoms with Crippen molar-refractivity contribution < 1.29 is 23.8 Å². The Morgan fingerprint density at radius 3 is 2.19 bits per heavy atom. The molecule has 0 aromatic heterocycles. The van der Waals surface area contributed by atoms with Gasteiger partial charge >= 0.3 is 5.97 Å². The van der Waals surface area contributed by atoms with Gasteiger partial charge in [-0.1, -0.05) is 6.92 Å². The molecule has 0 saturated carbocycles. The van der Waals surface area contributed by atoms with Crippen LogP contribution in [0.3, 0.4) is 0 Å². The minimum absolute atomic E-state index is 0.239. The van der Waals surface area contributed by atoms with Crippen molar-refractivity contribution in [3.63, 3.8) is 0 Å². The van der Waals surface area contributed by atoms with E-state index >= 15 is 0 Å². The Morgan fingerprint density at radius 2 is 1.62 bits per heavy atom. The fourth-order valence-corrected chi connectivity index (χ4v) is 2.13. The average molecular weight is 357 g/mol. The number of methoxy groups -OCH3 is 1. The van der Waals surface area contributed by atoms with E-state index in [1.54, 1.807) is 62.6 Å². The van der Waals surface area contributed by atoms with Gasteiger partial charge in [-0.15, -0.1) is 0 Å². The Morgan fingerprint density at radius 1 is 1.00 bits per heavy atom. The van der Waals surface area contributed by atoms with Crippen molar-refractivity contribution in [2.24, 2.45) is 0 Å². The molecule has 0 spiro atoms. The molecule has 1 amide bonds. The summed E-state index contributed by atoms with van der Waals surface area (Å²) in [4.78, 5) is 24.0. The number of anilines is 1. The Balaban J connectivity index is 1.93. The Hall–Kier alpha value is -3.02. The molecule has 2 aromatic rings. The zero-order chi connectivity index (χ0) is 18.9. The van der Waals surface area contributed by atoms with Crippen LogP contribution in [0.25, 0.3) is 0 Å². The highest BCUT2D eigenvalue weighted by Gasteiger charge is 2.16. The fraction of sp³-hybridized carbons (Fsp3) is 0.300. The van der Waals surface area contributed by atoms with E-state index in [9.17, 15) is 9.59 Å². The van der Waals surface area contributed by atoms with Crippen LogP contribution in [0.5, 0.6) is 11.5 Å². The van der Waals surface area contributed by atoms with Crippen molar-refractivity contribution in [3.8, 4) is 11.5 Å². The van der Waals surface area contributed by atoms with Crippen molar-refractivity contribution in [2.45, 2.75) is 26.4 Å². The Kier molecular flexibility index (Phi) is 7.02. The minimum Gasteiger partial charge on any atom is -0.497 e. The summed E-state index contributed by atoms with van der Waals surface area (Å²) in [5, 5.41) is 2.80. The molecule has 1 atom stereocenters. The van der Waals surface area contributed by atoms with Crippen molar-refractivity contribution in [1.29, 1.82) is 0 Å². The van der Waals surface area contributed by atoms with Gasteiger partial charge in [-0.3, -0.25) is 4.79 Å². The van der Waals surface area contributed by atoms with Crippen LogP contribution in [0.15, 0.2) is 48.5 Å². The van der Waals surface area contributed by atoms with E-state index in [1.807, 2.05) is 6.92 Å². The first-order valence-corrected chi connectivity index (χ1v) is 8.42. The van der Waals surface area contributed by atoms with E-state index in [1.165, 1.54) is 0 Å². The molecule has 0 heterocycles. The van der Waals surface area contributed by atoms with Gasteiger partial charge in [-0.25, -0.2) is 4.79 Å². The Bertz CT molecular complexity index is 725. The van der Waals surface area contributed by atoms with Gasteiger partial charge in [0.1, 0.15) is 11.5 Å². The summed E-state index contributed by atoms with van der Waals surface area (Å²) in [6.45, 7) is 3.92. The molecule has 138 valence electrons. The van der Waals surface area contributed by atoms with E-state index in [4.69, 9.17) is 14.2 Å². The second kappa shape index (κ2) is 9.46. The highest BCUT2D eigenvalue weighted by Crippen LogP contribution is 2.18. The van der Waals surface area contributed by atoms with Gasteiger partial charge in [0, 0.05) is 11.3 Å². The molecule has 0 aliphatic carbocycles.